The third-order valence-electron chi connectivity index (χ3n) is 4.14. The zero-order chi connectivity index (χ0) is 18.7. The Hall–Kier alpha value is -3.16. The molecule has 1 aliphatic rings. The molecule has 0 radical (unpaired) electrons. The van der Waals surface area contributed by atoms with Crippen molar-refractivity contribution in [1.82, 2.24) is 16.0 Å². The van der Waals surface area contributed by atoms with E-state index in [9.17, 15) is 19.7 Å². The van der Waals surface area contributed by atoms with E-state index >= 15 is 0 Å². The molecule has 0 saturated heterocycles. The second kappa shape index (κ2) is 7.16. The van der Waals surface area contributed by atoms with Gasteiger partial charge in [0.25, 0.3) is 5.69 Å². The number of allylic oxidation sites excluding steroid dienone is 2. The number of dihydropyridines is 1. The van der Waals surface area contributed by atoms with E-state index in [0.717, 1.165) is 0 Å². The lowest BCUT2D eigenvalue weighted by Crippen LogP contribution is -2.37. The Morgan fingerprint density at radius 3 is 1.80 bits per heavy atom. The lowest BCUT2D eigenvalue weighted by Gasteiger charge is -2.31. The molecule has 1 aromatic carbocycles. The Balaban J connectivity index is 2.65. The summed E-state index contributed by atoms with van der Waals surface area (Å²) in [6.07, 6.45) is 0. The number of nitrogens with one attached hydrogen (secondary N) is 3. The van der Waals surface area contributed by atoms with Gasteiger partial charge in [-0.3, -0.25) is 19.7 Å². The lowest BCUT2D eigenvalue weighted by molar-refractivity contribution is -0.384. The molecule has 132 valence electrons. The topological polar surface area (TPSA) is 113 Å². The summed E-state index contributed by atoms with van der Waals surface area (Å²) in [5, 5.41) is 19.1. The minimum absolute atomic E-state index is 0.0536. The van der Waals surface area contributed by atoms with Gasteiger partial charge in [0.05, 0.1) is 4.92 Å². The molecule has 0 unspecified atom stereocenters. The van der Waals surface area contributed by atoms with Crippen LogP contribution in [-0.4, -0.2) is 30.8 Å². The molecule has 1 aliphatic heterocycles. The molecule has 2 amide bonds. The van der Waals surface area contributed by atoms with Crippen LogP contribution in [0.1, 0.15) is 25.3 Å². The summed E-state index contributed by atoms with van der Waals surface area (Å²) in [7, 11) is 3.03. The third-order valence-corrected chi connectivity index (χ3v) is 4.14. The second-order valence-electron chi connectivity index (χ2n) is 5.64. The van der Waals surface area contributed by atoms with E-state index in [2.05, 4.69) is 16.0 Å². The molecule has 8 nitrogen and oxygen atoms in total. The zero-order valence-electron chi connectivity index (χ0n) is 14.5. The molecule has 0 bridgehead atoms. The summed E-state index contributed by atoms with van der Waals surface area (Å²) in [5.74, 6) is -1.26. The molecular formula is C17H20N4O4. The number of nitrogens with zero attached hydrogens (tertiary/aromatic N) is 1. The van der Waals surface area contributed by atoms with Crippen LogP contribution in [0.5, 0.6) is 0 Å². The van der Waals surface area contributed by atoms with Gasteiger partial charge in [-0.1, -0.05) is 12.1 Å². The van der Waals surface area contributed by atoms with Crippen molar-refractivity contribution in [3.8, 4) is 0 Å². The van der Waals surface area contributed by atoms with Crippen molar-refractivity contribution < 1.29 is 14.5 Å². The first-order valence-electron chi connectivity index (χ1n) is 7.68. The molecule has 1 heterocycles. The van der Waals surface area contributed by atoms with E-state index < -0.39 is 10.8 Å². The number of nitro groups is 1. The Morgan fingerprint density at radius 2 is 1.44 bits per heavy atom. The van der Waals surface area contributed by atoms with Gasteiger partial charge < -0.3 is 16.0 Å². The lowest BCUT2D eigenvalue weighted by atomic mass is 9.79. The van der Waals surface area contributed by atoms with Gasteiger partial charge in [-0.2, -0.15) is 0 Å². The normalized spacial score (nSPS) is 14.9. The number of rotatable bonds is 4. The molecule has 0 aliphatic carbocycles. The van der Waals surface area contributed by atoms with E-state index in [1.54, 1.807) is 26.0 Å². The zero-order valence-corrected chi connectivity index (χ0v) is 14.5. The van der Waals surface area contributed by atoms with Crippen LogP contribution in [0.2, 0.25) is 0 Å². The standard InChI is InChI=1S/C17H20N4O4/c1-9-13(16(22)18-3)15(14(10(2)20-9)17(23)19-4)11-5-7-12(8-6-11)21(24)25/h5-8,15,20H,1-4H3,(H,18,22)(H,19,23). The highest BCUT2D eigenvalue weighted by atomic mass is 16.6. The summed E-state index contributed by atoms with van der Waals surface area (Å²) in [6.45, 7) is 3.51. The highest BCUT2D eigenvalue weighted by molar-refractivity contribution is 6.03. The number of non-ortho nitro benzene ring substituents is 1. The number of benzene rings is 1. The molecular weight excluding hydrogens is 324 g/mol. The molecule has 0 fully saturated rings. The summed E-state index contributed by atoms with van der Waals surface area (Å²) in [4.78, 5) is 35.2. The van der Waals surface area contributed by atoms with Crippen LogP contribution in [0.25, 0.3) is 0 Å². The van der Waals surface area contributed by atoms with E-state index in [4.69, 9.17) is 0 Å². The van der Waals surface area contributed by atoms with Crippen LogP contribution in [-0.2, 0) is 9.59 Å². The summed E-state index contributed by atoms with van der Waals surface area (Å²) in [6, 6.07) is 5.87. The van der Waals surface area contributed by atoms with Crippen LogP contribution in [0.15, 0.2) is 46.8 Å². The first kappa shape index (κ1) is 18.2. The number of likely N-dealkylation sites (N-methyl/N-ethyl adjacent to an activating group) is 2. The molecule has 0 saturated carbocycles. The van der Waals surface area contributed by atoms with Crippen molar-refractivity contribution >= 4 is 17.5 Å². The molecule has 0 atom stereocenters. The van der Waals surface area contributed by atoms with Gasteiger partial charge in [-0.25, -0.2) is 0 Å². The van der Waals surface area contributed by atoms with Gasteiger partial charge in [-0.05, 0) is 19.4 Å². The van der Waals surface area contributed by atoms with Crippen LogP contribution in [0.3, 0.4) is 0 Å². The molecule has 25 heavy (non-hydrogen) atoms. The molecule has 0 spiro atoms. The number of hydrogen-bond donors (Lipinski definition) is 3. The van der Waals surface area contributed by atoms with Crippen molar-refractivity contribution in [1.29, 1.82) is 0 Å². The molecule has 1 aromatic rings. The van der Waals surface area contributed by atoms with E-state index in [0.29, 0.717) is 28.1 Å². The molecule has 0 aromatic heterocycles. The van der Waals surface area contributed by atoms with Crippen LogP contribution >= 0.6 is 0 Å². The van der Waals surface area contributed by atoms with E-state index in [-0.39, 0.29) is 17.5 Å². The summed E-state index contributed by atoms with van der Waals surface area (Å²) in [5.41, 5.74) is 2.65. The van der Waals surface area contributed by atoms with Crippen molar-refractivity contribution in [3.05, 3.63) is 62.5 Å². The Labute approximate surface area is 145 Å². The first-order valence-corrected chi connectivity index (χ1v) is 7.68. The quantitative estimate of drug-likeness (QED) is 0.563. The maximum Gasteiger partial charge on any atom is 0.269 e. The Morgan fingerprint density at radius 1 is 1.00 bits per heavy atom. The molecule has 2 rings (SSSR count). The number of carbonyl (C=O) groups is 2. The van der Waals surface area contributed by atoms with Crippen LogP contribution < -0.4 is 16.0 Å². The average Bonchev–Trinajstić information content (AvgIpc) is 2.60. The predicted molar refractivity (Wildman–Crippen MR) is 92.5 cm³/mol. The van der Waals surface area contributed by atoms with Gasteiger partial charge >= 0.3 is 0 Å². The Bertz CT molecular complexity index is 755. The summed E-state index contributed by atoms with van der Waals surface area (Å²) >= 11 is 0. The first-order chi connectivity index (χ1) is 11.8. The number of nitro benzene ring substituents is 1. The molecule has 8 heteroatoms. The summed E-state index contributed by atoms with van der Waals surface area (Å²) < 4.78 is 0. The van der Waals surface area contributed by atoms with E-state index in [1.165, 1.54) is 26.2 Å². The maximum absolute atomic E-state index is 12.4. The van der Waals surface area contributed by atoms with Crippen molar-refractivity contribution in [2.45, 2.75) is 19.8 Å². The SMILES string of the molecule is CNC(=O)C1=C(C)NC(C)=C(C(=O)NC)C1c1ccc([N+](=O)[O-])cc1. The fourth-order valence-corrected chi connectivity index (χ4v) is 2.99. The largest absolute Gasteiger partial charge is 0.362 e. The highest BCUT2D eigenvalue weighted by Gasteiger charge is 2.35. The van der Waals surface area contributed by atoms with Gasteiger partial charge in [0.1, 0.15) is 0 Å². The minimum atomic E-state index is -0.623. The Kier molecular flexibility index (Phi) is 5.21. The highest BCUT2D eigenvalue weighted by Crippen LogP contribution is 2.38. The number of carbonyl (C=O) groups excluding carboxylic acids is 2. The van der Waals surface area contributed by atoms with Crippen molar-refractivity contribution in [3.63, 3.8) is 0 Å². The maximum atomic E-state index is 12.4. The monoisotopic (exact) mass is 344 g/mol. The van der Waals surface area contributed by atoms with Gasteiger partial charge in [0.15, 0.2) is 0 Å². The van der Waals surface area contributed by atoms with Gasteiger partial charge in [0, 0.05) is 54.7 Å². The van der Waals surface area contributed by atoms with Crippen LogP contribution in [0.4, 0.5) is 5.69 Å². The minimum Gasteiger partial charge on any atom is -0.362 e. The van der Waals surface area contributed by atoms with Gasteiger partial charge in [0.2, 0.25) is 11.8 Å². The fourth-order valence-electron chi connectivity index (χ4n) is 2.99. The predicted octanol–water partition coefficient (Wildman–Crippen LogP) is 1.32. The molecule has 3 N–H and O–H groups in total. The van der Waals surface area contributed by atoms with Gasteiger partial charge in [-0.15, -0.1) is 0 Å². The second-order valence-corrected chi connectivity index (χ2v) is 5.64. The van der Waals surface area contributed by atoms with Crippen molar-refractivity contribution in [2.24, 2.45) is 0 Å². The number of amides is 2. The van der Waals surface area contributed by atoms with E-state index in [1.807, 2.05) is 0 Å². The fraction of sp³-hybridized carbons (Fsp3) is 0.294. The average molecular weight is 344 g/mol. The van der Waals surface area contributed by atoms with Crippen LogP contribution in [0, 0.1) is 10.1 Å². The third kappa shape index (κ3) is 3.37. The smallest absolute Gasteiger partial charge is 0.269 e. The number of hydrogen-bond acceptors (Lipinski definition) is 5. The van der Waals surface area contributed by atoms with Crippen molar-refractivity contribution in [2.75, 3.05) is 14.1 Å².